The van der Waals surface area contributed by atoms with E-state index < -0.39 is 24.2 Å². The van der Waals surface area contributed by atoms with Gasteiger partial charge in [-0.15, -0.1) is 0 Å². The van der Waals surface area contributed by atoms with Crippen molar-refractivity contribution in [3.05, 3.63) is 53.8 Å². The van der Waals surface area contributed by atoms with E-state index in [9.17, 15) is 22.8 Å². The van der Waals surface area contributed by atoms with Crippen molar-refractivity contribution >= 4 is 17.5 Å². The Morgan fingerprint density at radius 2 is 1.85 bits per heavy atom. The molecule has 0 bridgehead atoms. The smallest absolute Gasteiger partial charge is 0.387 e. The minimum absolute atomic E-state index is 0.0803. The maximum absolute atomic E-state index is 13.1. The molecule has 0 unspecified atom stereocenters. The second-order valence-corrected chi connectivity index (χ2v) is 5.38. The van der Waals surface area contributed by atoms with E-state index in [2.05, 4.69) is 15.4 Å². The highest BCUT2D eigenvalue weighted by Gasteiger charge is 2.13. The van der Waals surface area contributed by atoms with Crippen LogP contribution in [0.1, 0.15) is 5.56 Å². The van der Waals surface area contributed by atoms with Crippen LogP contribution in [-0.4, -0.2) is 32.1 Å². The van der Waals surface area contributed by atoms with Crippen LogP contribution in [0.5, 0.6) is 11.5 Å². The molecule has 0 heterocycles. The molecule has 0 radical (unpaired) electrons. The Morgan fingerprint density at radius 1 is 1.07 bits per heavy atom. The second-order valence-electron chi connectivity index (χ2n) is 5.38. The van der Waals surface area contributed by atoms with Gasteiger partial charge in [0.1, 0.15) is 5.82 Å². The van der Waals surface area contributed by atoms with Crippen molar-refractivity contribution in [3.8, 4) is 11.5 Å². The van der Waals surface area contributed by atoms with Crippen molar-refractivity contribution in [3.63, 3.8) is 0 Å². The summed E-state index contributed by atoms with van der Waals surface area (Å²) in [5.74, 6) is -1.65. The molecule has 2 amide bonds. The minimum atomic E-state index is -3.05. The first-order chi connectivity index (χ1) is 12.9. The Labute approximate surface area is 153 Å². The highest BCUT2D eigenvalue weighted by atomic mass is 19.3. The summed E-state index contributed by atoms with van der Waals surface area (Å²) < 4.78 is 47.1. The quantitative estimate of drug-likeness (QED) is 0.736. The predicted molar refractivity (Wildman–Crippen MR) is 91.4 cm³/mol. The molecule has 0 saturated carbocycles. The molecule has 0 saturated heterocycles. The van der Waals surface area contributed by atoms with E-state index in [0.29, 0.717) is 5.56 Å². The van der Waals surface area contributed by atoms with Crippen molar-refractivity contribution in [2.24, 2.45) is 0 Å². The van der Waals surface area contributed by atoms with E-state index in [-0.39, 0.29) is 30.2 Å². The molecule has 2 N–H and O–H groups in total. The number of rotatable bonds is 8. The van der Waals surface area contributed by atoms with Gasteiger partial charge in [0.2, 0.25) is 11.8 Å². The Bertz CT molecular complexity index is 815. The molecule has 2 aromatic rings. The summed E-state index contributed by atoms with van der Waals surface area (Å²) in [6.07, 6.45) is -0.0834. The van der Waals surface area contributed by atoms with Crippen LogP contribution < -0.4 is 20.1 Å². The number of amides is 2. The molecular weight excluding hydrogens is 365 g/mol. The van der Waals surface area contributed by atoms with Gasteiger partial charge in [0.15, 0.2) is 11.5 Å². The fourth-order valence-corrected chi connectivity index (χ4v) is 2.22. The van der Waals surface area contributed by atoms with E-state index in [1.165, 1.54) is 43.5 Å². The number of methoxy groups -OCH3 is 1. The number of hydrogen-bond acceptors (Lipinski definition) is 4. The monoisotopic (exact) mass is 382 g/mol. The van der Waals surface area contributed by atoms with Gasteiger partial charge in [-0.2, -0.15) is 8.78 Å². The lowest BCUT2D eigenvalue weighted by Gasteiger charge is -2.12. The van der Waals surface area contributed by atoms with E-state index in [0.717, 1.165) is 0 Å². The van der Waals surface area contributed by atoms with Crippen LogP contribution in [-0.2, 0) is 16.0 Å². The van der Waals surface area contributed by atoms with Gasteiger partial charge in [0.05, 0.1) is 20.1 Å². The second kappa shape index (κ2) is 9.46. The summed E-state index contributed by atoms with van der Waals surface area (Å²) in [5, 5.41) is 4.83. The largest absolute Gasteiger partial charge is 0.493 e. The van der Waals surface area contributed by atoms with Crippen LogP contribution in [0.25, 0.3) is 0 Å². The average molecular weight is 382 g/mol. The van der Waals surface area contributed by atoms with E-state index in [4.69, 9.17) is 4.74 Å². The fourth-order valence-electron chi connectivity index (χ4n) is 2.22. The molecule has 27 heavy (non-hydrogen) atoms. The van der Waals surface area contributed by atoms with Crippen molar-refractivity contribution in [2.45, 2.75) is 13.0 Å². The number of anilines is 1. The van der Waals surface area contributed by atoms with Crippen molar-refractivity contribution in [2.75, 3.05) is 19.0 Å². The Balaban J connectivity index is 1.88. The third-order valence-electron chi connectivity index (χ3n) is 3.36. The summed E-state index contributed by atoms with van der Waals surface area (Å²) >= 11 is 0. The molecule has 144 valence electrons. The lowest BCUT2D eigenvalue weighted by atomic mass is 10.1. The van der Waals surface area contributed by atoms with Crippen molar-refractivity contribution < 1.29 is 32.2 Å². The van der Waals surface area contributed by atoms with Crippen LogP contribution in [0.4, 0.5) is 18.9 Å². The molecule has 0 aliphatic heterocycles. The SMILES string of the molecule is COc1ccc(NC(=O)CNC(=O)Cc2cccc(F)c2)cc1OC(F)F. The summed E-state index contributed by atoms with van der Waals surface area (Å²) in [5.41, 5.74) is 0.660. The van der Waals surface area contributed by atoms with Crippen LogP contribution in [0.15, 0.2) is 42.5 Å². The van der Waals surface area contributed by atoms with Crippen LogP contribution in [0, 0.1) is 5.82 Å². The molecule has 0 spiro atoms. The molecule has 0 aromatic heterocycles. The Hall–Kier alpha value is -3.23. The molecule has 2 rings (SSSR count). The van der Waals surface area contributed by atoms with E-state index >= 15 is 0 Å². The summed E-state index contributed by atoms with van der Waals surface area (Å²) in [6, 6.07) is 9.52. The summed E-state index contributed by atoms with van der Waals surface area (Å²) in [4.78, 5) is 23.7. The van der Waals surface area contributed by atoms with Gasteiger partial charge >= 0.3 is 6.61 Å². The third-order valence-corrected chi connectivity index (χ3v) is 3.36. The van der Waals surface area contributed by atoms with Gasteiger partial charge in [-0.3, -0.25) is 9.59 Å². The molecular formula is C18H17F3N2O4. The van der Waals surface area contributed by atoms with Crippen molar-refractivity contribution in [1.29, 1.82) is 0 Å². The van der Waals surface area contributed by atoms with Gasteiger partial charge in [-0.05, 0) is 29.8 Å². The van der Waals surface area contributed by atoms with E-state index in [1.54, 1.807) is 6.07 Å². The Morgan fingerprint density at radius 3 is 2.52 bits per heavy atom. The highest BCUT2D eigenvalue weighted by molar-refractivity contribution is 5.95. The lowest BCUT2D eigenvalue weighted by Crippen LogP contribution is -2.33. The zero-order valence-corrected chi connectivity index (χ0v) is 14.3. The maximum atomic E-state index is 13.1. The fraction of sp³-hybridized carbons (Fsp3) is 0.222. The van der Waals surface area contributed by atoms with Crippen LogP contribution >= 0.6 is 0 Å². The minimum Gasteiger partial charge on any atom is -0.493 e. The third kappa shape index (κ3) is 6.53. The molecule has 6 nitrogen and oxygen atoms in total. The number of carbonyl (C=O) groups excluding carboxylic acids is 2. The molecule has 0 aliphatic rings. The maximum Gasteiger partial charge on any atom is 0.387 e. The zero-order valence-electron chi connectivity index (χ0n) is 14.3. The lowest BCUT2D eigenvalue weighted by molar-refractivity contribution is -0.123. The average Bonchev–Trinajstić information content (AvgIpc) is 2.60. The normalized spacial score (nSPS) is 10.4. The van der Waals surface area contributed by atoms with Crippen LogP contribution in [0.3, 0.4) is 0 Å². The van der Waals surface area contributed by atoms with Gasteiger partial charge in [0, 0.05) is 11.8 Å². The first-order valence-corrected chi connectivity index (χ1v) is 7.81. The number of hydrogen-bond donors (Lipinski definition) is 2. The standard InChI is InChI=1S/C18H17F3N2O4/c1-26-14-6-5-13(9-15(14)27-18(20)21)23-17(25)10-22-16(24)8-11-3-2-4-12(19)7-11/h2-7,9,18H,8,10H2,1H3,(H,22,24)(H,23,25). The number of carbonyl (C=O) groups is 2. The number of nitrogens with one attached hydrogen (secondary N) is 2. The number of halogens is 3. The van der Waals surface area contributed by atoms with Gasteiger partial charge in [0.25, 0.3) is 0 Å². The first kappa shape index (κ1) is 20.1. The number of benzene rings is 2. The van der Waals surface area contributed by atoms with Crippen LogP contribution in [0.2, 0.25) is 0 Å². The molecule has 0 fully saturated rings. The topological polar surface area (TPSA) is 76.7 Å². The Kier molecular flexibility index (Phi) is 7.04. The first-order valence-electron chi connectivity index (χ1n) is 7.81. The van der Waals surface area contributed by atoms with Gasteiger partial charge in [-0.1, -0.05) is 12.1 Å². The molecule has 9 heteroatoms. The highest BCUT2D eigenvalue weighted by Crippen LogP contribution is 2.31. The zero-order chi connectivity index (χ0) is 19.8. The summed E-state index contributed by atoms with van der Waals surface area (Å²) in [6.45, 7) is -3.39. The number of ether oxygens (including phenoxy) is 2. The van der Waals surface area contributed by atoms with E-state index in [1.807, 2.05) is 0 Å². The van der Waals surface area contributed by atoms with Gasteiger partial charge in [-0.25, -0.2) is 4.39 Å². The predicted octanol–water partition coefficient (Wildman–Crippen LogP) is 2.73. The van der Waals surface area contributed by atoms with Crippen molar-refractivity contribution in [1.82, 2.24) is 5.32 Å². The molecule has 2 aromatic carbocycles. The molecule has 0 atom stereocenters. The number of alkyl halides is 2. The van der Waals surface area contributed by atoms with Gasteiger partial charge < -0.3 is 20.1 Å². The molecule has 0 aliphatic carbocycles. The summed E-state index contributed by atoms with van der Waals surface area (Å²) in [7, 11) is 1.29.